The summed E-state index contributed by atoms with van der Waals surface area (Å²) in [6.45, 7) is 5.95. The molecule has 14 heavy (non-hydrogen) atoms. The van der Waals surface area contributed by atoms with Crippen LogP contribution in [0.2, 0.25) is 0 Å². The van der Waals surface area contributed by atoms with Crippen LogP contribution >= 0.6 is 0 Å². The van der Waals surface area contributed by atoms with E-state index in [1.807, 2.05) is 20.8 Å². The van der Waals surface area contributed by atoms with E-state index < -0.39 is 5.91 Å². The van der Waals surface area contributed by atoms with Gasteiger partial charge in [0.15, 0.2) is 11.6 Å². The Morgan fingerprint density at radius 1 is 1.57 bits per heavy atom. The van der Waals surface area contributed by atoms with Crippen LogP contribution in [0, 0.1) is 0 Å². The molecule has 1 rings (SSSR count). The lowest BCUT2D eigenvalue weighted by molar-refractivity contribution is 0.0993. The van der Waals surface area contributed by atoms with Gasteiger partial charge in [-0.2, -0.15) is 0 Å². The fourth-order valence-corrected chi connectivity index (χ4v) is 1.23. The van der Waals surface area contributed by atoms with Crippen LogP contribution in [0.5, 0.6) is 0 Å². The van der Waals surface area contributed by atoms with Crippen LogP contribution in [0.25, 0.3) is 0 Å². The van der Waals surface area contributed by atoms with Crippen molar-refractivity contribution in [3.8, 4) is 0 Å². The summed E-state index contributed by atoms with van der Waals surface area (Å²) in [5.74, 6) is 0.875. The first-order chi connectivity index (χ1) is 6.60. The molecule has 0 spiro atoms. The van der Waals surface area contributed by atoms with Gasteiger partial charge < -0.3 is 10.2 Å². The van der Waals surface area contributed by atoms with Crippen molar-refractivity contribution in [3.05, 3.63) is 17.3 Å². The van der Waals surface area contributed by atoms with Crippen molar-refractivity contribution in [2.45, 2.75) is 39.5 Å². The van der Waals surface area contributed by atoms with Crippen molar-refractivity contribution in [2.75, 3.05) is 0 Å². The van der Waals surface area contributed by atoms with Gasteiger partial charge in [0.25, 0.3) is 5.91 Å². The second kappa shape index (κ2) is 4.26. The monoisotopic (exact) mass is 196 g/mol. The zero-order valence-electron chi connectivity index (χ0n) is 8.83. The maximum atomic E-state index is 11.1. The first kappa shape index (κ1) is 10.8. The van der Waals surface area contributed by atoms with E-state index in [4.69, 9.17) is 10.2 Å². The van der Waals surface area contributed by atoms with Crippen LogP contribution in [0.4, 0.5) is 0 Å². The molecule has 0 aliphatic carbocycles. The van der Waals surface area contributed by atoms with E-state index in [9.17, 15) is 4.79 Å². The molecule has 0 aromatic carbocycles. The lowest BCUT2D eigenvalue weighted by Gasteiger charge is -2.04. The molecule has 0 saturated carbocycles. The van der Waals surface area contributed by atoms with Gasteiger partial charge >= 0.3 is 0 Å². The fourth-order valence-electron chi connectivity index (χ4n) is 1.23. The minimum atomic E-state index is -0.510. The number of carbonyl (C=O) groups is 1. The number of aryl methyl sites for hydroxylation is 1. The number of oxazole rings is 1. The van der Waals surface area contributed by atoms with E-state index in [0.717, 1.165) is 6.42 Å². The Balaban J connectivity index is 3.12. The number of hydrogen-bond acceptors (Lipinski definition) is 3. The zero-order chi connectivity index (χ0) is 10.7. The van der Waals surface area contributed by atoms with Gasteiger partial charge in [-0.3, -0.25) is 4.79 Å². The molecule has 1 unspecified atom stereocenters. The Hall–Kier alpha value is -1.32. The molecule has 4 nitrogen and oxygen atoms in total. The summed E-state index contributed by atoms with van der Waals surface area (Å²) in [7, 11) is 0. The third-order valence-corrected chi connectivity index (χ3v) is 2.29. The highest BCUT2D eigenvalue weighted by atomic mass is 16.4. The van der Waals surface area contributed by atoms with E-state index in [2.05, 4.69) is 4.98 Å². The summed E-state index contributed by atoms with van der Waals surface area (Å²) in [6, 6.07) is 0. The second-order valence-electron chi connectivity index (χ2n) is 3.35. The normalized spacial score (nSPS) is 12.8. The highest BCUT2D eigenvalue weighted by molar-refractivity contribution is 5.91. The fraction of sp³-hybridized carbons (Fsp3) is 0.600. The lowest BCUT2D eigenvalue weighted by atomic mass is 10.0. The number of aromatic nitrogens is 1. The average Bonchev–Trinajstić information content (AvgIpc) is 2.60. The highest BCUT2D eigenvalue weighted by Crippen LogP contribution is 2.23. The van der Waals surface area contributed by atoms with E-state index >= 15 is 0 Å². The highest BCUT2D eigenvalue weighted by Gasteiger charge is 2.20. The summed E-state index contributed by atoms with van der Waals surface area (Å²) in [5, 5.41) is 0. The minimum Gasteiger partial charge on any atom is -0.445 e. The third-order valence-electron chi connectivity index (χ3n) is 2.29. The summed E-state index contributed by atoms with van der Waals surface area (Å²) >= 11 is 0. The molecule has 0 aliphatic heterocycles. The van der Waals surface area contributed by atoms with E-state index in [1.165, 1.54) is 0 Å². The Kier molecular flexibility index (Phi) is 3.28. The van der Waals surface area contributed by atoms with Gasteiger partial charge in [0, 0.05) is 12.3 Å². The molecule has 0 fully saturated rings. The van der Waals surface area contributed by atoms with E-state index in [-0.39, 0.29) is 11.6 Å². The topological polar surface area (TPSA) is 69.1 Å². The van der Waals surface area contributed by atoms with Gasteiger partial charge in [0.1, 0.15) is 5.76 Å². The number of hydrogen-bond donors (Lipinski definition) is 1. The molecular formula is C10H16N2O2. The summed E-state index contributed by atoms with van der Waals surface area (Å²) in [6.07, 6.45) is 1.58. The van der Waals surface area contributed by atoms with Crippen molar-refractivity contribution in [1.29, 1.82) is 0 Å². The maximum absolute atomic E-state index is 11.1. The average molecular weight is 196 g/mol. The quantitative estimate of drug-likeness (QED) is 0.798. The molecule has 0 aliphatic rings. The summed E-state index contributed by atoms with van der Waals surface area (Å²) in [4.78, 5) is 15.1. The number of nitrogens with two attached hydrogens (primary N) is 1. The molecule has 78 valence electrons. The van der Waals surface area contributed by atoms with Crippen molar-refractivity contribution in [1.82, 2.24) is 4.98 Å². The standard InChI is InChI=1S/C10H16N2O2/c1-4-6(3)9-8(10(11)13)12-7(5-2)14-9/h6H,4-5H2,1-3H3,(H2,11,13). The van der Waals surface area contributed by atoms with Crippen LogP contribution in [0.1, 0.15) is 55.2 Å². The molecule has 1 aromatic heterocycles. The Labute approximate surface area is 83.5 Å². The van der Waals surface area contributed by atoms with Gasteiger partial charge in [0.2, 0.25) is 0 Å². The minimum absolute atomic E-state index is 0.185. The molecular weight excluding hydrogens is 180 g/mol. The van der Waals surface area contributed by atoms with Crippen LogP contribution < -0.4 is 5.73 Å². The first-order valence-corrected chi connectivity index (χ1v) is 4.89. The van der Waals surface area contributed by atoms with Gasteiger partial charge in [0.05, 0.1) is 0 Å². The SMILES string of the molecule is CCc1nc(C(N)=O)c(C(C)CC)o1. The van der Waals surface area contributed by atoms with Crippen molar-refractivity contribution >= 4 is 5.91 Å². The number of amides is 1. The molecule has 1 heterocycles. The van der Waals surface area contributed by atoms with Gasteiger partial charge in [-0.05, 0) is 6.42 Å². The van der Waals surface area contributed by atoms with Crippen LogP contribution in [-0.2, 0) is 6.42 Å². The van der Waals surface area contributed by atoms with E-state index in [1.54, 1.807) is 0 Å². The number of carbonyl (C=O) groups excluding carboxylic acids is 1. The Bertz CT molecular complexity index is 331. The van der Waals surface area contributed by atoms with Crippen molar-refractivity contribution in [3.63, 3.8) is 0 Å². The second-order valence-corrected chi connectivity index (χ2v) is 3.35. The number of primary amides is 1. The molecule has 0 saturated heterocycles. The number of nitrogens with zero attached hydrogens (tertiary/aromatic N) is 1. The Morgan fingerprint density at radius 3 is 2.64 bits per heavy atom. The molecule has 0 radical (unpaired) electrons. The van der Waals surface area contributed by atoms with Crippen LogP contribution in [-0.4, -0.2) is 10.9 Å². The predicted molar refractivity (Wildman–Crippen MR) is 53.1 cm³/mol. The Morgan fingerprint density at radius 2 is 2.21 bits per heavy atom. The summed E-state index contributed by atoms with van der Waals surface area (Å²) < 4.78 is 5.47. The largest absolute Gasteiger partial charge is 0.445 e. The first-order valence-electron chi connectivity index (χ1n) is 4.89. The summed E-state index contributed by atoms with van der Waals surface area (Å²) in [5.41, 5.74) is 5.50. The number of rotatable bonds is 4. The molecule has 1 atom stereocenters. The zero-order valence-corrected chi connectivity index (χ0v) is 8.83. The van der Waals surface area contributed by atoms with Gasteiger partial charge in [-0.1, -0.05) is 20.8 Å². The molecule has 1 aromatic rings. The van der Waals surface area contributed by atoms with Gasteiger partial charge in [-0.15, -0.1) is 0 Å². The van der Waals surface area contributed by atoms with Crippen molar-refractivity contribution < 1.29 is 9.21 Å². The predicted octanol–water partition coefficient (Wildman–Crippen LogP) is 1.85. The van der Waals surface area contributed by atoms with E-state index in [0.29, 0.717) is 18.1 Å². The molecule has 1 amide bonds. The van der Waals surface area contributed by atoms with Crippen LogP contribution in [0.15, 0.2) is 4.42 Å². The maximum Gasteiger partial charge on any atom is 0.270 e. The van der Waals surface area contributed by atoms with Crippen LogP contribution in [0.3, 0.4) is 0 Å². The molecule has 0 bridgehead atoms. The lowest BCUT2D eigenvalue weighted by Crippen LogP contribution is -2.14. The molecule has 2 N–H and O–H groups in total. The van der Waals surface area contributed by atoms with Gasteiger partial charge in [-0.25, -0.2) is 4.98 Å². The van der Waals surface area contributed by atoms with Crippen molar-refractivity contribution in [2.24, 2.45) is 5.73 Å². The third kappa shape index (κ3) is 1.95. The molecule has 4 heteroatoms. The smallest absolute Gasteiger partial charge is 0.270 e.